The average molecular weight is 268 g/mol. The zero-order chi connectivity index (χ0) is 10.2. The minimum Gasteiger partial charge on any atom is -0.478 e. The molecule has 3 N–H and O–H groups in total. The molecule has 0 aliphatic carbocycles. The fourth-order valence-corrected chi connectivity index (χ4v) is 1.70. The molecule has 0 radical (unpaired) electrons. The lowest BCUT2D eigenvalue weighted by atomic mass is 10.2. The van der Waals surface area contributed by atoms with Crippen LogP contribution in [0.5, 0.6) is 0 Å². The van der Waals surface area contributed by atoms with Crippen molar-refractivity contribution in [1.29, 1.82) is 0 Å². The second-order valence-electron chi connectivity index (χ2n) is 2.25. The second-order valence-corrected chi connectivity index (χ2v) is 3.51. The van der Waals surface area contributed by atoms with Crippen LogP contribution in [0.2, 0.25) is 5.02 Å². The Hall–Kier alpha value is -0.810. The van der Waals surface area contributed by atoms with E-state index in [1.807, 2.05) is 0 Å². The Bertz CT molecular complexity index is 383. The van der Waals surface area contributed by atoms with Gasteiger partial charge in [-0.25, -0.2) is 9.18 Å². The van der Waals surface area contributed by atoms with E-state index in [-0.39, 0.29) is 9.50 Å². The lowest BCUT2D eigenvalue weighted by Gasteiger charge is -2.05. The SMILES string of the molecule is Nc1c(F)c(Br)cc(Cl)c1C(=O)O. The highest BCUT2D eigenvalue weighted by molar-refractivity contribution is 9.10. The average Bonchev–Trinajstić information content (AvgIpc) is 1.99. The number of nitrogen functional groups attached to an aromatic ring is 1. The van der Waals surface area contributed by atoms with Crippen LogP contribution >= 0.6 is 27.5 Å². The highest BCUT2D eigenvalue weighted by Crippen LogP contribution is 2.30. The van der Waals surface area contributed by atoms with Gasteiger partial charge in [-0.15, -0.1) is 0 Å². The molecule has 0 aromatic heterocycles. The number of aromatic carboxylic acids is 1. The molecule has 0 saturated carbocycles. The number of rotatable bonds is 1. The van der Waals surface area contributed by atoms with Gasteiger partial charge in [0.2, 0.25) is 0 Å². The number of carbonyl (C=O) groups is 1. The quantitative estimate of drug-likeness (QED) is 0.607. The topological polar surface area (TPSA) is 63.3 Å². The maximum absolute atomic E-state index is 13.0. The molecule has 1 aromatic carbocycles. The molecule has 0 aliphatic rings. The first-order valence-corrected chi connectivity index (χ1v) is 4.28. The van der Waals surface area contributed by atoms with Gasteiger partial charge in [-0.05, 0) is 22.0 Å². The van der Waals surface area contributed by atoms with Crippen LogP contribution in [-0.2, 0) is 0 Å². The standard InChI is InChI=1S/C7H4BrClFNO2/c8-2-1-3(9)4(7(12)13)6(11)5(2)10/h1H,11H2,(H,12,13). The zero-order valence-corrected chi connectivity index (χ0v) is 8.49. The summed E-state index contributed by atoms with van der Waals surface area (Å²) in [4.78, 5) is 10.6. The Labute approximate surface area is 86.4 Å². The van der Waals surface area contributed by atoms with E-state index < -0.39 is 23.0 Å². The smallest absolute Gasteiger partial charge is 0.339 e. The second kappa shape index (κ2) is 3.51. The highest BCUT2D eigenvalue weighted by atomic mass is 79.9. The summed E-state index contributed by atoms with van der Waals surface area (Å²) in [6.45, 7) is 0. The maximum Gasteiger partial charge on any atom is 0.339 e. The third-order valence-corrected chi connectivity index (χ3v) is 2.30. The summed E-state index contributed by atoms with van der Waals surface area (Å²) in [6.07, 6.45) is 0. The van der Waals surface area contributed by atoms with Crippen molar-refractivity contribution >= 4 is 39.2 Å². The summed E-state index contributed by atoms with van der Waals surface area (Å²) in [6, 6.07) is 1.15. The van der Waals surface area contributed by atoms with Crippen LogP contribution < -0.4 is 5.73 Å². The van der Waals surface area contributed by atoms with Crippen LogP contribution in [0.15, 0.2) is 10.5 Å². The zero-order valence-electron chi connectivity index (χ0n) is 6.14. The number of hydrogen-bond acceptors (Lipinski definition) is 2. The van der Waals surface area contributed by atoms with Crippen molar-refractivity contribution in [3.63, 3.8) is 0 Å². The Balaban J connectivity index is 3.53. The summed E-state index contributed by atoms with van der Waals surface area (Å²) in [5.41, 5.74) is 4.33. The lowest BCUT2D eigenvalue weighted by molar-refractivity contribution is 0.0698. The highest BCUT2D eigenvalue weighted by Gasteiger charge is 2.18. The number of carboxylic acids is 1. The normalized spacial score (nSPS) is 10.1. The van der Waals surface area contributed by atoms with Crippen molar-refractivity contribution in [2.75, 3.05) is 5.73 Å². The van der Waals surface area contributed by atoms with Crippen LogP contribution in [0.4, 0.5) is 10.1 Å². The molecule has 70 valence electrons. The van der Waals surface area contributed by atoms with Crippen molar-refractivity contribution < 1.29 is 14.3 Å². The number of hydrogen-bond donors (Lipinski definition) is 2. The van der Waals surface area contributed by atoms with E-state index in [1.54, 1.807) is 0 Å². The molecule has 0 heterocycles. The fourth-order valence-electron chi connectivity index (χ4n) is 0.831. The van der Waals surface area contributed by atoms with Gasteiger partial charge in [-0.2, -0.15) is 0 Å². The van der Waals surface area contributed by atoms with Gasteiger partial charge in [-0.3, -0.25) is 0 Å². The molecule has 1 rings (SSSR count). The Morgan fingerprint density at radius 1 is 1.69 bits per heavy atom. The summed E-state index contributed by atoms with van der Waals surface area (Å²) in [7, 11) is 0. The van der Waals surface area contributed by atoms with Gasteiger partial charge in [0.05, 0.1) is 15.2 Å². The first-order valence-electron chi connectivity index (χ1n) is 3.11. The van der Waals surface area contributed by atoms with E-state index in [4.69, 9.17) is 22.4 Å². The maximum atomic E-state index is 13.0. The monoisotopic (exact) mass is 267 g/mol. The van der Waals surface area contributed by atoms with Crippen LogP contribution in [-0.4, -0.2) is 11.1 Å². The van der Waals surface area contributed by atoms with E-state index in [1.165, 1.54) is 0 Å². The molecule has 0 saturated heterocycles. The fraction of sp³-hybridized carbons (Fsp3) is 0. The first kappa shape index (κ1) is 10.3. The molecule has 1 aromatic rings. The molecule has 13 heavy (non-hydrogen) atoms. The first-order chi connectivity index (χ1) is 5.95. The predicted octanol–water partition coefficient (Wildman–Crippen LogP) is 2.52. The van der Waals surface area contributed by atoms with Crippen LogP contribution in [0, 0.1) is 5.82 Å². The summed E-state index contributed by atoms with van der Waals surface area (Å²) in [5, 5.41) is 8.52. The van der Waals surface area contributed by atoms with E-state index in [0.717, 1.165) is 6.07 Å². The van der Waals surface area contributed by atoms with E-state index in [2.05, 4.69) is 15.9 Å². The summed E-state index contributed by atoms with van der Waals surface area (Å²) < 4.78 is 13.1. The summed E-state index contributed by atoms with van der Waals surface area (Å²) >= 11 is 8.39. The van der Waals surface area contributed by atoms with Crippen molar-refractivity contribution in [3.8, 4) is 0 Å². The number of carboxylic acid groups (broad SMARTS) is 1. The molecule has 0 fully saturated rings. The number of anilines is 1. The molecular formula is C7H4BrClFNO2. The van der Waals surface area contributed by atoms with Gasteiger partial charge >= 0.3 is 5.97 Å². The van der Waals surface area contributed by atoms with Crippen LogP contribution in [0.3, 0.4) is 0 Å². The molecule has 0 amide bonds. The number of halogens is 3. The summed E-state index contributed by atoms with van der Waals surface area (Å²) in [5.74, 6) is -2.17. The van der Waals surface area contributed by atoms with Gasteiger partial charge in [-0.1, -0.05) is 11.6 Å². The van der Waals surface area contributed by atoms with Crippen molar-refractivity contribution in [2.24, 2.45) is 0 Å². The molecule has 6 heteroatoms. The predicted molar refractivity (Wildman–Crippen MR) is 50.5 cm³/mol. The molecule has 0 atom stereocenters. The Kier molecular flexibility index (Phi) is 2.77. The van der Waals surface area contributed by atoms with Crippen molar-refractivity contribution in [1.82, 2.24) is 0 Å². The Morgan fingerprint density at radius 3 is 2.69 bits per heavy atom. The molecule has 3 nitrogen and oxygen atoms in total. The van der Waals surface area contributed by atoms with Gasteiger partial charge in [0.1, 0.15) is 5.56 Å². The molecule has 0 unspecified atom stereocenters. The third-order valence-electron chi connectivity index (χ3n) is 1.42. The van der Waals surface area contributed by atoms with E-state index >= 15 is 0 Å². The van der Waals surface area contributed by atoms with Gasteiger partial charge < -0.3 is 10.8 Å². The lowest BCUT2D eigenvalue weighted by Crippen LogP contribution is -2.06. The minimum atomic E-state index is -1.35. The van der Waals surface area contributed by atoms with E-state index in [9.17, 15) is 9.18 Å². The molecule has 0 aliphatic heterocycles. The minimum absolute atomic E-state index is 0.0417. The number of benzene rings is 1. The third kappa shape index (κ3) is 1.76. The van der Waals surface area contributed by atoms with Gasteiger partial charge in [0.15, 0.2) is 5.82 Å². The molecule has 0 spiro atoms. The molecular weight excluding hydrogens is 264 g/mol. The Morgan fingerprint density at radius 2 is 2.23 bits per heavy atom. The van der Waals surface area contributed by atoms with Crippen LogP contribution in [0.1, 0.15) is 10.4 Å². The van der Waals surface area contributed by atoms with Crippen LogP contribution in [0.25, 0.3) is 0 Å². The molecule has 0 bridgehead atoms. The number of nitrogens with two attached hydrogens (primary N) is 1. The van der Waals surface area contributed by atoms with E-state index in [0.29, 0.717) is 0 Å². The van der Waals surface area contributed by atoms with Gasteiger partial charge in [0.25, 0.3) is 0 Å². The van der Waals surface area contributed by atoms with Gasteiger partial charge in [0, 0.05) is 0 Å². The largest absolute Gasteiger partial charge is 0.478 e. The van der Waals surface area contributed by atoms with Crippen molar-refractivity contribution in [2.45, 2.75) is 0 Å². The van der Waals surface area contributed by atoms with Crippen molar-refractivity contribution in [3.05, 3.63) is 26.9 Å².